The van der Waals surface area contributed by atoms with Gasteiger partial charge in [-0.05, 0) is 17.4 Å². The van der Waals surface area contributed by atoms with Gasteiger partial charge in [0.1, 0.15) is 5.01 Å². The SMILES string of the molecule is CC(C(=O)O)C1CN(Cc2csc(-c3ccsc3)n2)C1. The second-order valence-electron chi connectivity index (χ2n) is 5.24. The number of hydrogen-bond acceptors (Lipinski definition) is 5. The minimum Gasteiger partial charge on any atom is -0.481 e. The summed E-state index contributed by atoms with van der Waals surface area (Å²) in [6.45, 7) is 4.34. The molecular weight excluding hydrogens is 292 g/mol. The van der Waals surface area contributed by atoms with Gasteiger partial charge in [-0.15, -0.1) is 11.3 Å². The van der Waals surface area contributed by atoms with Gasteiger partial charge >= 0.3 is 5.97 Å². The fourth-order valence-electron chi connectivity index (χ4n) is 2.38. The molecule has 1 atom stereocenters. The largest absolute Gasteiger partial charge is 0.481 e. The van der Waals surface area contributed by atoms with Gasteiger partial charge in [0.15, 0.2) is 0 Å². The fraction of sp³-hybridized carbons (Fsp3) is 0.429. The number of hydrogen-bond donors (Lipinski definition) is 1. The molecule has 0 saturated carbocycles. The molecule has 2 aromatic heterocycles. The normalized spacial score (nSPS) is 17.9. The maximum atomic E-state index is 10.9. The van der Waals surface area contributed by atoms with Gasteiger partial charge in [-0.3, -0.25) is 9.69 Å². The van der Waals surface area contributed by atoms with Gasteiger partial charge in [-0.2, -0.15) is 11.3 Å². The second kappa shape index (κ2) is 5.63. The third-order valence-electron chi connectivity index (χ3n) is 3.79. The Morgan fingerprint density at radius 3 is 3.00 bits per heavy atom. The first kappa shape index (κ1) is 13.7. The summed E-state index contributed by atoms with van der Waals surface area (Å²) in [5.74, 6) is -0.659. The highest BCUT2D eigenvalue weighted by molar-refractivity contribution is 7.14. The number of thiazole rings is 1. The first-order chi connectivity index (χ1) is 9.63. The molecule has 0 spiro atoms. The molecule has 1 aliphatic rings. The van der Waals surface area contributed by atoms with Gasteiger partial charge < -0.3 is 5.11 Å². The van der Waals surface area contributed by atoms with Crippen LogP contribution in [0.4, 0.5) is 0 Å². The lowest BCUT2D eigenvalue weighted by Crippen LogP contribution is -2.50. The van der Waals surface area contributed by atoms with E-state index in [2.05, 4.69) is 32.1 Å². The van der Waals surface area contributed by atoms with Crippen molar-refractivity contribution in [3.63, 3.8) is 0 Å². The van der Waals surface area contributed by atoms with E-state index in [0.717, 1.165) is 30.3 Å². The molecule has 1 N–H and O–H groups in total. The highest BCUT2D eigenvalue weighted by Crippen LogP contribution is 2.29. The Labute approximate surface area is 125 Å². The predicted octanol–water partition coefficient (Wildman–Crippen LogP) is 3.02. The minimum absolute atomic E-state index is 0.247. The van der Waals surface area contributed by atoms with Crippen LogP contribution >= 0.6 is 22.7 Å². The number of likely N-dealkylation sites (tertiary alicyclic amines) is 1. The number of nitrogens with zero attached hydrogens (tertiary/aromatic N) is 2. The Morgan fingerprint density at radius 1 is 1.55 bits per heavy atom. The van der Waals surface area contributed by atoms with Gasteiger partial charge in [-0.1, -0.05) is 6.92 Å². The summed E-state index contributed by atoms with van der Waals surface area (Å²) in [6, 6.07) is 2.08. The van der Waals surface area contributed by atoms with Crippen LogP contribution in [0.1, 0.15) is 12.6 Å². The number of rotatable bonds is 5. The van der Waals surface area contributed by atoms with E-state index < -0.39 is 5.97 Å². The topological polar surface area (TPSA) is 53.4 Å². The zero-order valence-corrected chi connectivity index (χ0v) is 12.8. The summed E-state index contributed by atoms with van der Waals surface area (Å²) in [4.78, 5) is 17.8. The number of aliphatic carboxylic acids is 1. The van der Waals surface area contributed by atoms with Gasteiger partial charge in [0.25, 0.3) is 0 Å². The van der Waals surface area contributed by atoms with Crippen LogP contribution in [0.25, 0.3) is 10.6 Å². The van der Waals surface area contributed by atoms with Crippen LogP contribution < -0.4 is 0 Å². The Morgan fingerprint density at radius 2 is 2.35 bits per heavy atom. The van der Waals surface area contributed by atoms with Gasteiger partial charge in [0.2, 0.25) is 0 Å². The van der Waals surface area contributed by atoms with Crippen molar-refractivity contribution in [1.82, 2.24) is 9.88 Å². The Bertz CT molecular complexity index is 588. The summed E-state index contributed by atoms with van der Waals surface area (Å²) < 4.78 is 0. The van der Waals surface area contributed by atoms with E-state index in [1.807, 2.05) is 0 Å². The van der Waals surface area contributed by atoms with Crippen molar-refractivity contribution in [1.29, 1.82) is 0 Å². The summed E-state index contributed by atoms with van der Waals surface area (Å²) in [7, 11) is 0. The lowest BCUT2D eigenvalue weighted by Gasteiger charge is -2.40. The molecule has 4 nitrogen and oxygen atoms in total. The molecule has 2 aromatic rings. The van der Waals surface area contributed by atoms with Crippen molar-refractivity contribution in [2.24, 2.45) is 11.8 Å². The molecule has 0 amide bonds. The van der Waals surface area contributed by atoms with Crippen molar-refractivity contribution < 1.29 is 9.90 Å². The first-order valence-corrected chi connectivity index (χ1v) is 8.38. The predicted molar refractivity (Wildman–Crippen MR) is 81.0 cm³/mol. The molecule has 0 aliphatic carbocycles. The van der Waals surface area contributed by atoms with E-state index in [1.54, 1.807) is 29.6 Å². The van der Waals surface area contributed by atoms with Gasteiger partial charge in [0.05, 0.1) is 11.6 Å². The average molecular weight is 308 g/mol. The van der Waals surface area contributed by atoms with Crippen LogP contribution in [0.5, 0.6) is 0 Å². The molecule has 1 unspecified atom stereocenters. The van der Waals surface area contributed by atoms with Gasteiger partial charge in [-0.25, -0.2) is 4.98 Å². The maximum absolute atomic E-state index is 10.9. The minimum atomic E-state index is -0.692. The molecule has 106 valence electrons. The molecule has 1 aliphatic heterocycles. The van der Waals surface area contributed by atoms with Crippen molar-refractivity contribution >= 4 is 28.6 Å². The zero-order valence-electron chi connectivity index (χ0n) is 11.2. The fourth-order valence-corrected chi connectivity index (χ4v) is 3.91. The van der Waals surface area contributed by atoms with E-state index in [0.29, 0.717) is 0 Å². The Balaban J connectivity index is 1.55. The molecule has 3 rings (SSSR count). The highest BCUT2D eigenvalue weighted by Gasteiger charge is 2.34. The molecule has 6 heteroatoms. The molecular formula is C14H16N2O2S2. The lowest BCUT2D eigenvalue weighted by molar-refractivity contribution is -0.145. The van der Waals surface area contributed by atoms with Crippen LogP contribution in [0.3, 0.4) is 0 Å². The van der Waals surface area contributed by atoms with E-state index in [9.17, 15) is 4.79 Å². The van der Waals surface area contributed by atoms with Crippen LogP contribution in [0, 0.1) is 11.8 Å². The van der Waals surface area contributed by atoms with E-state index in [1.165, 1.54) is 5.56 Å². The first-order valence-electron chi connectivity index (χ1n) is 6.55. The van der Waals surface area contributed by atoms with Crippen molar-refractivity contribution in [2.45, 2.75) is 13.5 Å². The molecule has 3 heterocycles. The van der Waals surface area contributed by atoms with Gasteiger partial charge in [0, 0.05) is 36.0 Å². The monoisotopic (exact) mass is 308 g/mol. The summed E-state index contributed by atoms with van der Waals surface area (Å²) in [5, 5.41) is 16.3. The average Bonchev–Trinajstić information content (AvgIpc) is 3.02. The smallest absolute Gasteiger partial charge is 0.306 e. The number of aromatic nitrogens is 1. The molecule has 0 bridgehead atoms. The van der Waals surface area contributed by atoms with E-state index in [4.69, 9.17) is 5.11 Å². The maximum Gasteiger partial charge on any atom is 0.306 e. The molecule has 1 saturated heterocycles. The number of carboxylic acid groups (broad SMARTS) is 1. The lowest BCUT2D eigenvalue weighted by atomic mass is 9.87. The molecule has 1 fully saturated rings. The zero-order chi connectivity index (χ0) is 14.1. The highest BCUT2D eigenvalue weighted by atomic mass is 32.1. The Kier molecular flexibility index (Phi) is 3.87. The van der Waals surface area contributed by atoms with Crippen molar-refractivity contribution in [3.05, 3.63) is 27.9 Å². The number of carboxylic acids is 1. The van der Waals surface area contributed by atoms with Crippen LogP contribution in [0.2, 0.25) is 0 Å². The molecule has 0 aromatic carbocycles. The standard InChI is InChI=1S/C14H16N2O2S2/c1-9(14(17)18)11-4-16(5-11)6-12-8-20-13(15-12)10-2-3-19-7-10/h2-3,7-9,11H,4-6H2,1H3,(H,17,18). The second-order valence-corrected chi connectivity index (χ2v) is 6.88. The van der Waals surface area contributed by atoms with E-state index in [-0.39, 0.29) is 11.8 Å². The summed E-state index contributed by atoms with van der Waals surface area (Å²) >= 11 is 3.35. The van der Waals surface area contributed by atoms with Crippen molar-refractivity contribution in [2.75, 3.05) is 13.1 Å². The number of thiophene rings is 1. The Hall–Kier alpha value is -1.24. The molecule has 20 heavy (non-hydrogen) atoms. The van der Waals surface area contributed by atoms with Crippen LogP contribution in [0.15, 0.2) is 22.2 Å². The van der Waals surface area contributed by atoms with Crippen LogP contribution in [-0.4, -0.2) is 34.0 Å². The quantitative estimate of drug-likeness (QED) is 0.922. The van der Waals surface area contributed by atoms with E-state index >= 15 is 0 Å². The van der Waals surface area contributed by atoms with Crippen molar-refractivity contribution in [3.8, 4) is 10.6 Å². The van der Waals surface area contributed by atoms with Crippen LogP contribution in [-0.2, 0) is 11.3 Å². The number of carbonyl (C=O) groups is 1. The summed E-state index contributed by atoms with van der Waals surface area (Å²) in [5.41, 5.74) is 2.27. The summed E-state index contributed by atoms with van der Waals surface area (Å²) in [6.07, 6.45) is 0. The third-order valence-corrected chi connectivity index (χ3v) is 5.41. The third kappa shape index (κ3) is 2.77. The molecule has 0 radical (unpaired) electrons.